The lowest BCUT2D eigenvalue weighted by molar-refractivity contribution is 0.0949. The van der Waals surface area contributed by atoms with Crippen molar-refractivity contribution >= 4 is 73.7 Å². The Hall–Kier alpha value is -1.79. The number of halogens is 3. The molecule has 138 valence electrons. The Morgan fingerprint density at radius 2 is 1.81 bits per heavy atom. The van der Waals surface area contributed by atoms with Crippen molar-refractivity contribution in [2.75, 3.05) is 5.32 Å². The summed E-state index contributed by atoms with van der Waals surface area (Å²) in [7, 11) is 0. The minimum atomic E-state index is -0.367. The zero-order chi connectivity index (χ0) is 19.1. The zero-order valence-electron chi connectivity index (χ0n) is 13.8. The Bertz CT molecular complexity index is 1080. The van der Waals surface area contributed by atoms with E-state index in [0.717, 1.165) is 17.5 Å². The van der Waals surface area contributed by atoms with Crippen LogP contribution in [0.4, 0.5) is 5.69 Å². The Balaban J connectivity index is 1.59. The summed E-state index contributed by atoms with van der Waals surface area (Å²) in [4.78, 5) is 25.2. The quantitative estimate of drug-likeness (QED) is 0.523. The van der Waals surface area contributed by atoms with E-state index in [2.05, 4.69) is 10.6 Å². The third-order valence-electron chi connectivity index (χ3n) is 4.15. The molecule has 27 heavy (non-hydrogen) atoms. The summed E-state index contributed by atoms with van der Waals surface area (Å²) in [6, 6.07) is 10.4. The van der Waals surface area contributed by atoms with Crippen LogP contribution in [0.5, 0.6) is 0 Å². The second-order valence-corrected chi connectivity index (χ2v) is 8.56. The van der Waals surface area contributed by atoms with Crippen LogP contribution in [0.2, 0.25) is 15.1 Å². The van der Waals surface area contributed by atoms with Gasteiger partial charge < -0.3 is 10.6 Å². The van der Waals surface area contributed by atoms with Crippen LogP contribution in [0.1, 0.15) is 32.9 Å². The van der Waals surface area contributed by atoms with Crippen molar-refractivity contribution in [2.45, 2.75) is 18.9 Å². The predicted octanol–water partition coefficient (Wildman–Crippen LogP) is 6.01. The van der Waals surface area contributed by atoms with Gasteiger partial charge in [-0.1, -0.05) is 40.9 Å². The van der Waals surface area contributed by atoms with Gasteiger partial charge in [0.1, 0.15) is 4.88 Å². The van der Waals surface area contributed by atoms with Crippen molar-refractivity contribution in [3.63, 3.8) is 0 Å². The van der Waals surface area contributed by atoms with E-state index in [9.17, 15) is 9.59 Å². The second-order valence-electron chi connectivity index (χ2n) is 6.29. The van der Waals surface area contributed by atoms with Gasteiger partial charge in [-0.05, 0) is 43.2 Å². The molecule has 1 aromatic heterocycles. The first-order valence-electron chi connectivity index (χ1n) is 8.21. The number of nitrogens with one attached hydrogen (secondary N) is 2. The highest BCUT2D eigenvalue weighted by molar-refractivity contribution is 7.21. The highest BCUT2D eigenvalue weighted by Crippen LogP contribution is 2.41. The lowest BCUT2D eigenvalue weighted by Crippen LogP contribution is -2.25. The summed E-state index contributed by atoms with van der Waals surface area (Å²) in [6.07, 6.45) is 2.03. The van der Waals surface area contributed by atoms with E-state index in [4.69, 9.17) is 34.8 Å². The number of thiophene rings is 1. The van der Waals surface area contributed by atoms with Crippen molar-refractivity contribution in [1.82, 2.24) is 5.32 Å². The number of fused-ring (bicyclic) bond motifs is 1. The average molecular weight is 440 g/mol. The lowest BCUT2D eigenvalue weighted by Gasteiger charge is -2.07. The van der Waals surface area contributed by atoms with Crippen LogP contribution < -0.4 is 10.6 Å². The Morgan fingerprint density at radius 1 is 1.04 bits per heavy atom. The molecule has 0 unspecified atom stereocenters. The molecular weight excluding hydrogens is 427 g/mol. The third kappa shape index (κ3) is 3.92. The lowest BCUT2D eigenvalue weighted by atomic mass is 10.2. The first-order valence-corrected chi connectivity index (χ1v) is 10.2. The van der Waals surface area contributed by atoms with Crippen LogP contribution >= 0.6 is 46.1 Å². The summed E-state index contributed by atoms with van der Waals surface area (Å²) in [6.45, 7) is 0. The summed E-state index contributed by atoms with van der Waals surface area (Å²) in [5, 5.41) is 7.49. The molecule has 0 radical (unpaired) electrons. The Labute approximate surface area is 174 Å². The molecule has 1 fully saturated rings. The van der Waals surface area contributed by atoms with Gasteiger partial charge in [-0.15, -0.1) is 11.3 Å². The number of carbonyl (C=O) groups excluding carboxylic acids is 2. The number of benzene rings is 2. The predicted molar refractivity (Wildman–Crippen MR) is 112 cm³/mol. The van der Waals surface area contributed by atoms with Crippen LogP contribution in [0.15, 0.2) is 36.4 Å². The van der Waals surface area contributed by atoms with E-state index in [0.29, 0.717) is 31.6 Å². The monoisotopic (exact) mass is 438 g/mol. The highest BCUT2D eigenvalue weighted by atomic mass is 35.5. The van der Waals surface area contributed by atoms with Crippen LogP contribution in [0.3, 0.4) is 0 Å². The first-order chi connectivity index (χ1) is 12.9. The minimum Gasteiger partial charge on any atom is -0.349 e. The minimum absolute atomic E-state index is 0.144. The fourth-order valence-corrected chi connectivity index (χ4v) is 4.95. The van der Waals surface area contributed by atoms with Gasteiger partial charge in [0.15, 0.2) is 0 Å². The molecule has 0 saturated heterocycles. The zero-order valence-corrected chi connectivity index (χ0v) is 16.9. The number of rotatable bonds is 4. The normalized spacial score (nSPS) is 13.6. The maximum atomic E-state index is 12.7. The number of anilines is 1. The van der Waals surface area contributed by atoms with Crippen LogP contribution in [0, 0.1) is 0 Å². The average Bonchev–Trinajstić information content (AvgIpc) is 3.36. The van der Waals surface area contributed by atoms with Crippen molar-refractivity contribution in [3.8, 4) is 0 Å². The standard InChI is InChI=1S/C19H13Cl3N2O2S/c20-10-7-13(21)15-14(8-10)27-17(16(15)22)19(26)24-12-3-1-2-9(6-12)18(25)23-11-4-5-11/h1-3,6-8,11H,4-5H2,(H,23,25)(H,24,26). The van der Waals surface area contributed by atoms with Gasteiger partial charge in [-0.3, -0.25) is 9.59 Å². The molecule has 8 heteroatoms. The van der Waals surface area contributed by atoms with Crippen LogP contribution in [-0.2, 0) is 0 Å². The molecule has 1 aliphatic rings. The fraction of sp³-hybridized carbons (Fsp3) is 0.158. The van der Waals surface area contributed by atoms with Crippen molar-refractivity contribution in [1.29, 1.82) is 0 Å². The van der Waals surface area contributed by atoms with E-state index < -0.39 is 0 Å². The number of amides is 2. The van der Waals surface area contributed by atoms with Crippen molar-refractivity contribution in [2.24, 2.45) is 0 Å². The molecule has 2 N–H and O–H groups in total. The highest BCUT2D eigenvalue weighted by Gasteiger charge is 2.24. The summed E-state index contributed by atoms with van der Waals surface area (Å²) in [5.74, 6) is -0.511. The Kier molecular flexibility index (Phi) is 5.03. The number of hydrogen-bond acceptors (Lipinski definition) is 3. The maximum absolute atomic E-state index is 12.7. The molecule has 0 aliphatic heterocycles. The second kappa shape index (κ2) is 7.32. The molecule has 4 nitrogen and oxygen atoms in total. The van der Waals surface area contributed by atoms with E-state index in [1.165, 1.54) is 11.3 Å². The van der Waals surface area contributed by atoms with Gasteiger partial charge in [0.25, 0.3) is 11.8 Å². The van der Waals surface area contributed by atoms with Gasteiger partial charge in [-0.25, -0.2) is 0 Å². The van der Waals surface area contributed by atoms with Gasteiger partial charge in [-0.2, -0.15) is 0 Å². The molecule has 1 aliphatic carbocycles. The van der Waals surface area contributed by atoms with Gasteiger partial charge >= 0.3 is 0 Å². The SMILES string of the molecule is O=C(NC1CC1)c1cccc(NC(=O)c2sc3cc(Cl)cc(Cl)c3c2Cl)c1. The maximum Gasteiger partial charge on any atom is 0.267 e. The van der Waals surface area contributed by atoms with Gasteiger partial charge in [0.05, 0.1) is 10.0 Å². The molecule has 4 rings (SSSR count). The molecule has 0 bridgehead atoms. The molecule has 1 saturated carbocycles. The summed E-state index contributed by atoms with van der Waals surface area (Å²) in [5.41, 5.74) is 1.01. The molecule has 2 aromatic carbocycles. The smallest absolute Gasteiger partial charge is 0.267 e. The Morgan fingerprint density at radius 3 is 2.56 bits per heavy atom. The fourth-order valence-electron chi connectivity index (χ4n) is 2.68. The van der Waals surface area contributed by atoms with Gasteiger partial charge in [0.2, 0.25) is 0 Å². The molecular formula is C19H13Cl3N2O2S. The van der Waals surface area contributed by atoms with E-state index >= 15 is 0 Å². The van der Waals surface area contributed by atoms with E-state index in [1.807, 2.05) is 0 Å². The third-order valence-corrected chi connectivity index (χ3v) is 6.29. The van der Waals surface area contributed by atoms with E-state index in [-0.39, 0.29) is 22.9 Å². The van der Waals surface area contributed by atoms with Crippen LogP contribution in [0.25, 0.3) is 10.1 Å². The van der Waals surface area contributed by atoms with Gasteiger partial charge in [0, 0.05) is 32.4 Å². The van der Waals surface area contributed by atoms with E-state index in [1.54, 1.807) is 36.4 Å². The molecule has 2 amide bonds. The summed E-state index contributed by atoms with van der Waals surface area (Å²) >= 11 is 19.8. The molecule has 0 atom stereocenters. The first kappa shape index (κ1) is 18.6. The van der Waals surface area contributed by atoms with Crippen molar-refractivity contribution < 1.29 is 9.59 Å². The topological polar surface area (TPSA) is 58.2 Å². The largest absolute Gasteiger partial charge is 0.349 e. The van der Waals surface area contributed by atoms with Crippen LogP contribution in [-0.4, -0.2) is 17.9 Å². The molecule has 3 aromatic rings. The summed E-state index contributed by atoms with van der Waals surface area (Å²) < 4.78 is 0.736. The molecule has 0 spiro atoms. The molecule has 1 heterocycles. The van der Waals surface area contributed by atoms with Crippen molar-refractivity contribution in [3.05, 3.63) is 61.9 Å². The number of hydrogen-bond donors (Lipinski definition) is 2. The number of carbonyl (C=O) groups is 2.